The molecule has 2 amide bonds. The highest BCUT2D eigenvalue weighted by atomic mass is 35.5. The molecular formula is C44H42Cl2N4O6S3. The van der Waals surface area contributed by atoms with Gasteiger partial charge in [0.15, 0.2) is 5.78 Å². The fourth-order valence-corrected chi connectivity index (χ4v) is 11.1. The molecule has 59 heavy (non-hydrogen) atoms. The van der Waals surface area contributed by atoms with Gasteiger partial charge in [-0.3, -0.25) is 19.2 Å². The molecular weight excluding hydrogens is 848 g/mol. The highest BCUT2D eigenvalue weighted by molar-refractivity contribution is 8.01. The van der Waals surface area contributed by atoms with E-state index in [0.29, 0.717) is 34.6 Å². The third-order valence-corrected chi connectivity index (χ3v) is 14.7. The molecule has 4 aliphatic rings. The largest absolute Gasteiger partial charge is 0.378 e. The first-order valence-electron chi connectivity index (χ1n) is 19.4. The van der Waals surface area contributed by atoms with Gasteiger partial charge in [-0.05, 0) is 92.3 Å². The molecule has 306 valence electrons. The second-order valence-corrected chi connectivity index (χ2v) is 18.2. The number of thioether (sulfide) groups is 1. The van der Waals surface area contributed by atoms with E-state index >= 15 is 0 Å². The highest BCUT2D eigenvalue weighted by Gasteiger charge is 2.48. The van der Waals surface area contributed by atoms with Gasteiger partial charge in [0, 0.05) is 55.3 Å². The number of halogens is 2. The summed E-state index contributed by atoms with van der Waals surface area (Å²) in [6.07, 6.45) is 0.423. The van der Waals surface area contributed by atoms with E-state index in [4.69, 9.17) is 32.7 Å². The van der Waals surface area contributed by atoms with E-state index in [1.165, 1.54) is 11.3 Å². The monoisotopic (exact) mass is 888 g/mol. The number of rotatable bonds is 8. The van der Waals surface area contributed by atoms with Crippen LogP contribution in [0.2, 0.25) is 10.0 Å². The summed E-state index contributed by atoms with van der Waals surface area (Å²) in [7, 11) is 0. The summed E-state index contributed by atoms with van der Waals surface area (Å²) < 4.78 is 10.9. The lowest BCUT2D eigenvalue weighted by Crippen LogP contribution is -2.57. The van der Waals surface area contributed by atoms with Gasteiger partial charge in [-0.25, -0.2) is 0 Å². The Morgan fingerprint density at radius 1 is 0.644 bits per heavy atom. The molecule has 15 heteroatoms. The number of ketones is 2. The van der Waals surface area contributed by atoms with Crippen molar-refractivity contribution in [2.45, 2.75) is 40.5 Å². The molecule has 3 aromatic carbocycles. The summed E-state index contributed by atoms with van der Waals surface area (Å²) in [4.78, 5) is 56.3. The predicted octanol–water partition coefficient (Wildman–Crippen LogP) is 7.69. The average Bonchev–Trinajstić information content (AvgIpc) is 4.01. The van der Waals surface area contributed by atoms with E-state index in [-0.39, 0.29) is 36.2 Å². The Morgan fingerprint density at radius 2 is 1.17 bits per heavy atom. The Bertz CT molecular complexity index is 2240. The number of thiophene rings is 2. The smallest absolute Gasteiger partial charge is 0.242 e. The fourth-order valence-electron chi connectivity index (χ4n) is 8.11. The van der Waals surface area contributed by atoms with Crippen LogP contribution in [-0.4, -0.2) is 81.2 Å². The van der Waals surface area contributed by atoms with Crippen LogP contribution in [0, 0.1) is 0 Å². The van der Waals surface area contributed by atoms with Crippen LogP contribution in [0.1, 0.15) is 41.5 Å². The second-order valence-electron chi connectivity index (χ2n) is 14.7. The number of ether oxygens (including phenoxy) is 2. The zero-order valence-electron chi connectivity index (χ0n) is 32.0. The highest BCUT2D eigenvalue weighted by Crippen LogP contribution is 2.43. The topological polar surface area (TPSA) is 117 Å². The summed E-state index contributed by atoms with van der Waals surface area (Å²) in [5.41, 5.74) is 4.28. The lowest BCUT2D eigenvalue weighted by Gasteiger charge is -2.40. The maximum atomic E-state index is 13.4. The minimum absolute atomic E-state index is 0.0211. The van der Waals surface area contributed by atoms with E-state index in [2.05, 4.69) is 44.7 Å². The van der Waals surface area contributed by atoms with Crippen molar-refractivity contribution in [1.82, 2.24) is 10.6 Å². The van der Waals surface area contributed by atoms with Crippen LogP contribution in [0.5, 0.6) is 0 Å². The van der Waals surface area contributed by atoms with Crippen molar-refractivity contribution >= 4 is 92.4 Å². The van der Waals surface area contributed by atoms with Gasteiger partial charge >= 0.3 is 0 Å². The molecule has 2 N–H and O–H groups in total. The molecule has 0 aliphatic carbocycles. The quantitative estimate of drug-likeness (QED) is 0.151. The zero-order valence-corrected chi connectivity index (χ0v) is 36.0. The molecule has 4 saturated heterocycles. The summed E-state index contributed by atoms with van der Waals surface area (Å²) >= 11 is 16.7. The first-order chi connectivity index (χ1) is 28.6. The lowest BCUT2D eigenvalue weighted by atomic mass is 9.77. The number of nitrogens with one attached hydrogen (secondary N) is 2. The molecule has 0 spiro atoms. The third kappa shape index (κ3) is 8.83. The summed E-state index contributed by atoms with van der Waals surface area (Å²) in [5, 5.41) is 14.1. The Hall–Kier alpha value is -4.21. The van der Waals surface area contributed by atoms with Crippen molar-refractivity contribution in [2.75, 3.05) is 62.4 Å². The number of carbonyl (C=O) groups is 4. The number of amides is 2. The number of carbonyl (C=O) groups excluding carboxylic acids is 4. The molecule has 10 nitrogen and oxygen atoms in total. The molecule has 0 saturated carbocycles. The average molecular weight is 890 g/mol. The fraction of sp³-hybridized carbons (Fsp3) is 0.318. The van der Waals surface area contributed by atoms with Crippen molar-refractivity contribution in [1.29, 1.82) is 0 Å². The molecule has 3 atom stereocenters. The van der Waals surface area contributed by atoms with Crippen molar-refractivity contribution in [3.63, 3.8) is 0 Å². The SMILES string of the molecule is O=C1CC(=O)NC(c2ccc(N3CCOCC3)cc2)(c2ccsc2)C1.O=C1CC(c2ccc(N3CCOCC3)cc2)(c2ccsc2)NC(=O)C1Sc1cccc(Cl)c1Cl. The van der Waals surface area contributed by atoms with Crippen molar-refractivity contribution in [2.24, 2.45) is 0 Å². The molecule has 6 heterocycles. The van der Waals surface area contributed by atoms with Crippen LogP contribution < -0.4 is 20.4 Å². The minimum atomic E-state index is -0.910. The Kier molecular flexibility index (Phi) is 12.8. The summed E-state index contributed by atoms with van der Waals surface area (Å²) in [6, 6.07) is 25.5. The zero-order chi connectivity index (χ0) is 41.0. The Labute approximate surface area is 365 Å². The molecule has 5 aromatic rings. The summed E-state index contributed by atoms with van der Waals surface area (Å²) in [6.45, 7) is 6.34. The number of benzene rings is 3. The first-order valence-corrected chi connectivity index (χ1v) is 22.9. The van der Waals surface area contributed by atoms with Crippen LogP contribution in [0.4, 0.5) is 11.4 Å². The van der Waals surface area contributed by atoms with Crippen LogP contribution >= 0.6 is 57.6 Å². The number of Topliss-reactive ketones (excluding diaryl/α,β-unsaturated/α-hetero) is 2. The number of piperidine rings is 2. The van der Waals surface area contributed by atoms with Gasteiger partial charge in [0.25, 0.3) is 0 Å². The van der Waals surface area contributed by atoms with E-state index in [1.807, 2.05) is 57.9 Å². The molecule has 0 radical (unpaired) electrons. The number of anilines is 2. The maximum absolute atomic E-state index is 13.4. The number of morpholine rings is 2. The standard InChI is InChI=1S/C25H22Cl2N2O3S2.C19H20N2O3S/c26-19-2-1-3-21(22(19)27)34-23-20(30)14-25(28-24(23)31,17-8-13-33-15-17)16-4-6-18(7-5-16)29-9-11-32-12-10-29;22-17-11-18(23)20-19(12-17,15-5-10-25-13-15)14-1-3-16(4-2-14)21-6-8-24-9-7-21/h1-8,13,15,23H,9-12,14H2,(H,28,31);1-5,10,13H,6-9,11-12H2,(H,20,23). The van der Waals surface area contributed by atoms with Crippen LogP contribution in [0.3, 0.4) is 0 Å². The van der Waals surface area contributed by atoms with Gasteiger partial charge in [0.2, 0.25) is 11.8 Å². The van der Waals surface area contributed by atoms with Crippen LogP contribution in [0.25, 0.3) is 0 Å². The maximum Gasteiger partial charge on any atom is 0.242 e. The molecule has 0 bridgehead atoms. The molecule has 9 rings (SSSR count). The van der Waals surface area contributed by atoms with Crippen molar-refractivity contribution in [3.05, 3.63) is 133 Å². The first kappa shape index (κ1) is 41.5. The van der Waals surface area contributed by atoms with Crippen LogP contribution in [-0.2, 0) is 39.7 Å². The second kappa shape index (κ2) is 18.2. The van der Waals surface area contributed by atoms with Crippen LogP contribution in [0.15, 0.2) is 105 Å². The summed E-state index contributed by atoms with van der Waals surface area (Å²) in [5.74, 6) is -0.707. The molecule has 3 unspecified atom stereocenters. The Balaban J connectivity index is 0.000000172. The third-order valence-electron chi connectivity index (χ3n) is 11.1. The van der Waals surface area contributed by atoms with Gasteiger partial charge in [-0.2, -0.15) is 22.7 Å². The predicted molar refractivity (Wildman–Crippen MR) is 235 cm³/mol. The molecule has 4 fully saturated rings. The minimum Gasteiger partial charge on any atom is -0.378 e. The normalized spacial score (nSPS) is 23.6. The molecule has 2 aromatic heterocycles. The number of nitrogens with zero attached hydrogens (tertiary/aromatic N) is 2. The van der Waals surface area contributed by atoms with Gasteiger partial charge in [-0.1, -0.05) is 53.5 Å². The van der Waals surface area contributed by atoms with E-state index in [1.54, 1.807) is 29.5 Å². The van der Waals surface area contributed by atoms with Crippen molar-refractivity contribution < 1.29 is 28.7 Å². The lowest BCUT2D eigenvalue weighted by molar-refractivity contribution is -0.135. The van der Waals surface area contributed by atoms with Gasteiger partial charge < -0.3 is 29.9 Å². The molecule has 4 aliphatic heterocycles. The van der Waals surface area contributed by atoms with E-state index < -0.39 is 16.3 Å². The van der Waals surface area contributed by atoms with Crippen molar-refractivity contribution in [3.8, 4) is 0 Å². The number of hydrogen-bond donors (Lipinski definition) is 2. The van der Waals surface area contributed by atoms with E-state index in [9.17, 15) is 19.2 Å². The van der Waals surface area contributed by atoms with E-state index in [0.717, 1.165) is 84.8 Å². The Morgan fingerprint density at radius 3 is 1.64 bits per heavy atom. The van der Waals surface area contributed by atoms with Gasteiger partial charge in [0.1, 0.15) is 11.0 Å². The number of hydrogen-bond acceptors (Lipinski definition) is 11. The van der Waals surface area contributed by atoms with Gasteiger partial charge in [-0.15, -0.1) is 11.8 Å². The van der Waals surface area contributed by atoms with Gasteiger partial charge in [0.05, 0.1) is 54.0 Å².